The zero-order valence-corrected chi connectivity index (χ0v) is 12.2. The molecule has 0 bridgehead atoms. The molecule has 1 amide bonds. The highest BCUT2D eigenvalue weighted by Gasteiger charge is 2.21. The maximum absolute atomic E-state index is 11.6. The molecular formula is C15H23N3O2. The first-order valence-corrected chi connectivity index (χ1v) is 7.14. The Balaban J connectivity index is 1.91. The van der Waals surface area contributed by atoms with Crippen molar-refractivity contribution in [2.75, 3.05) is 37.7 Å². The number of benzene rings is 1. The molecule has 1 aliphatic heterocycles. The van der Waals surface area contributed by atoms with Crippen LogP contribution in [0.2, 0.25) is 0 Å². The van der Waals surface area contributed by atoms with Crippen molar-refractivity contribution >= 4 is 11.8 Å². The molecule has 2 N–H and O–H groups in total. The van der Waals surface area contributed by atoms with E-state index in [9.17, 15) is 4.79 Å². The second-order valence-corrected chi connectivity index (χ2v) is 5.05. The van der Waals surface area contributed by atoms with Crippen molar-refractivity contribution in [2.24, 2.45) is 5.73 Å². The first kappa shape index (κ1) is 14.7. The minimum absolute atomic E-state index is 0.0599. The van der Waals surface area contributed by atoms with Crippen molar-refractivity contribution in [3.05, 3.63) is 29.8 Å². The van der Waals surface area contributed by atoms with Crippen LogP contribution < -0.4 is 10.6 Å². The molecule has 0 radical (unpaired) electrons. The quantitative estimate of drug-likeness (QED) is 0.918. The smallest absolute Gasteiger partial charge is 0.409 e. The summed E-state index contributed by atoms with van der Waals surface area (Å²) in [5, 5.41) is 0. The average Bonchev–Trinajstić information content (AvgIpc) is 2.48. The van der Waals surface area contributed by atoms with Gasteiger partial charge in [-0.1, -0.05) is 12.1 Å². The van der Waals surface area contributed by atoms with Crippen molar-refractivity contribution in [2.45, 2.75) is 19.9 Å². The number of nitrogens with zero attached hydrogens (tertiary/aromatic N) is 2. The van der Waals surface area contributed by atoms with E-state index < -0.39 is 0 Å². The summed E-state index contributed by atoms with van der Waals surface area (Å²) in [5.74, 6) is 0. The fraction of sp³-hybridized carbons (Fsp3) is 0.533. The normalized spacial score (nSPS) is 16.9. The van der Waals surface area contributed by atoms with E-state index in [0.717, 1.165) is 18.7 Å². The van der Waals surface area contributed by atoms with Crippen LogP contribution in [0.4, 0.5) is 10.5 Å². The van der Waals surface area contributed by atoms with E-state index in [-0.39, 0.29) is 12.1 Å². The number of nitrogens with two attached hydrogens (primary N) is 1. The van der Waals surface area contributed by atoms with Crippen LogP contribution in [0.25, 0.3) is 0 Å². The molecule has 1 aliphatic rings. The van der Waals surface area contributed by atoms with E-state index in [1.165, 1.54) is 5.69 Å². The molecule has 1 unspecified atom stereocenters. The van der Waals surface area contributed by atoms with Crippen molar-refractivity contribution < 1.29 is 9.53 Å². The van der Waals surface area contributed by atoms with Crippen LogP contribution in [-0.2, 0) is 4.74 Å². The molecule has 0 aromatic heterocycles. The molecule has 5 heteroatoms. The first-order valence-electron chi connectivity index (χ1n) is 7.14. The van der Waals surface area contributed by atoms with Crippen LogP contribution >= 0.6 is 0 Å². The van der Waals surface area contributed by atoms with Gasteiger partial charge >= 0.3 is 6.09 Å². The number of rotatable bonds is 3. The lowest BCUT2D eigenvalue weighted by Crippen LogP contribution is -2.49. The Morgan fingerprint density at radius 1 is 1.25 bits per heavy atom. The summed E-state index contributed by atoms with van der Waals surface area (Å²) < 4.78 is 5.02. The summed E-state index contributed by atoms with van der Waals surface area (Å²) in [6.45, 7) is 7.30. The van der Waals surface area contributed by atoms with Gasteiger partial charge in [-0.25, -0.2) is 4.79 Å². The van der Waals surface area contributed by atoms with Gasteiger partial charge in [0.2, 0.25) is 0 Å². The number of carbonyl (C=O) groups excluding carboxylic acids is 1. The van der Waals surface area contributed by atoms with Crippen molar-refractivity contribution in [1.82, 2.24) is 4.90 Å². The standard InChI is InChI=1S/C15H23N3O2/c1-3-20-15(19)18-10-8-17(9-11-18)14-6-4-13(5-7-14)12(2)16/h4-7,12H,3,8-11,16H2,1-2H3. The highest BCUT2D eigenvalue weighted by atomic mass is 16.6. The van der Waals surface area contributed by atoms with Crippen molar-refractivity contribution in [3.8, 4) is 0 Å². The molecule has 5 nitrogen and oxygen atoms in total. The second kappa shape index (κ2) is 6.61. The summed E-state index contributed by atoms with van der Waals surface area (Å²) in [6, 6.07) is 8.39. The average molecular weight is 277 g/mol. The van der Waals surface area contributed by atoms with E-state index in [0.29, 0.717) is 19.7 Å². The molecule has 1 aromatic rings. The number of amides is 1. The number of carbonyl (C=O) groups is 1. The molecule has 1 aromatic carbocycles. The van der Waals surface area contributed by atoms with Gasteiger partial charge in [0, 0.05) is 37.9 Å². The van der Waals surface area contributed by atoms with Crippen LogP contribution in [0.5, 0.6) is 0 Å². The third-order valence-electron chi connectivity index (χ3n) is 3.59. The van der Waals surface area contributed by atoms with Gasteiger partial charge in [0.1, 0.15) is 0 Å². The van der Waals surface area contributed by atoms with E-state index in [2.05, 4.69) is 29.2 Å². The van der Waals surface area contributed by atoms with Crippen molar-refractivity contribution in [3.63, 3.8) is 0 Å². The van der Waals surface area contributed by atoms with Gasteiger partial charge in [0.25, 0.3) is 0 Å². The highest BCUT2D eigenvalue weighted by molar-refractivity contribution is 5.68. The molecule has 20 heavy (non-hydrogen) atoms. The molecule has 0 aliphatic carbocycles. The van der Waals surface area contributed by atoms with Crippen molar-refractivity contribution in [1.29, 1.82) is 0 Å². The van der Waals surface area contributed by atoms with Crippen LogP contribution in [0.3, 0.4) is 0 Å². The summed E-state index contributed by atoms with van der Waals surface area (Å²) >= 11 is 0. The summed E-state index contributed by atoms with van der Waals surface area (Å²) in [6.07, 6.45) is -0.209. The molecule has 1 atom stereocenters. The van der Waals surface area contributed by atoms with E-state index in [1.54, 1.807) is 4.90 Å². The van der Waals surface area contributed by atoms with Gasteiger partial charge in [-0.3, -0.25) is 0 Å². The number of piperazine rings is 1. The number of ether oxygens (including phenoxy) is 1. The van der Waals surface area contributed by atoms with Crippen LogP contribution in [-0.4, -0.2) is 43.8 Å². The molecular weight excluding hydrogens is 254 g/mol. The third-order valence-corrected chi connectivity index (χ3v) is 3.59. The number of hydrogen-bond donors (Lipinski definition) is 1. The Hall–Kier alpha value is -1.75. The fourth-order valence-corrected chi connectivity index (χ4v) is 2.35. The maximum atomic E-state index is 11.6. The molecule has 110 valence electrons. The predicted molar refractivity (Wildman–Crippen MR) is 79.9 cm³/mol. The molecule has 0 saturated carbocycles. The monoisotopic (exact) mass is 277 g/mol. The maximum Gasteiger partial charge on any atom is 0.409 e. The molecule has 1 saturated heterocycles. The number of anilines is 1. The zero-order valence-electron chi connectivity index (χ0n) is 12.2. The number of hydrogen-bond acceptors (Lipinski definition) is 4. The largest absolute Gasteiger partial charge is 0.450 e. The molecule has 2 rings (SSSR count). The van der Waals surface area contributed by atoms with E-state index in [4.69, 9.17) is 10.5 Å². The predicted octanol–water partition coefficient (Wildman–Crippen LogP) is 1.98. The summed E-state index contributed by atoms with van der Waals surface area (Å²) in [4.78, 5) is 15.7. The fourth-order valence-electron chi connectivity index (χ4n) is 2.35. The molecule has 1 heterocycles. The van der Waals surface area contributed by atoms with Gasteiger partial charge in [-0.2, -0.15) is 0 Å². The van der Waals surface area contributed by atoms with Gasteiger partial charge < -0.3 is 20.3 Å². The van der Waals surface area contributed by atoms with Gasteiger partial charge in [-0.15, -0.1) is 0 Å². The lowest BCUT2D eigenvalue weighted by molar-refractivity contribution is 0.105. The first-order chi connectivity index (χ1) is 9.61. The molecule has 0 spiro atoms. The minimum atomic E-state index is -0.209. The minimum Gasteiger partial charge on any atom is -0.450 e. The Labute approximate surface area is 120 Å². The zero-order chi connectivity index (χ0) is 14.5. The summed E-state index contributed by atoms with van der Waals surface area (Å²) in [5.41, 5.74) is 8.17. The van der Waals surface area contributed by atoms with Gasteiger partial charge in [0.15, 0.2) is 0 Å². The van der Waals surface area contributed by atoms with Gasteiger partial charge in [0.05, 0.1) is 6.61 Å². The Morgan fingerprint density at radius 3 is 2.35 bits per heavy atom. The van der Waals surface area contributed by atoms with E-state index in [1.807, 2.05) is 13.8 Å². The van der Waals surface area contributed by atoms with Crippen LogP contribution in [0.1, 0.15) is 25.5 Å². The summed E-state index contributed by atoms with van der Waals surface area (Å²) in [7, 11) is 0. The highest BCUT2D eigenvalue weighted by Crippen LogP contribution is 2.19. The molecule has 1 fully saturated rings. The lowest BCUT2D eigenvalue weighted by Gasteiger charge is -2.35. The topological polar surface area (TPSA) is 58.8 Å². The third kappa shape index (κ3) is 3.42. The lowest BCUT2D eigenvalue weighted by atomic mass is 10.1. The Morgan fingerprint density at radius 2 is 1.85 bits per heavy atom. The van der Waals surface area contributed by atoms with Crippen LogP contribution in [0.15, 0.2) is 24.3 Å². The Kier molecular flexibility index (Phi) is 4.84. The Bertz CT molecular complexity index is 437. The van der Waals surface area contributed by atoms with Crippen LogP contribution in [0, 0.1) is 0 Å². The SMILES string of the molecule is CCOC(=O)N1CCN(c2ccc(C(C)N)cc2)CC1. The van der Waals surface area contributed by atoms with Gasteiger partial charge in [-0.05, 0) is 31.5 Å². The van der Waals surface area contributed by atoms with E-state index >= 15 is 0 Å². The second-order valence-electron chi connectivity index (χ2n) is 5.05.